The Morgan fingerprint density at radius 3 is 1.80 bits per heavy atom. The molecule has 2 unspecified atom stereocenters. The van der Waals surface area contributed by atoms with Gasteiger partial charge in [0.2, 0.25) is 0 Å². The lowest BCUT2D eigenvalue weighted by atomic mass is 10.1. The first kappa shape index (κ1) is 9.06. The second-order valence-electron chi connectivity index (χ2n) is 2.00. The van der Waals surface area contributed by atoms with Crippen LogP contribution in [0.25, 0.3) is 0 Å². The zero-order valence-corrected chi connectivity index (χ0v) is 5.57. The average Bonchev–Trinajstić information content (AvgIpc) is 1.84. The van der Waals surface area contributed by atoms with Crippen LogP contribution in [0, 0.1) is 0 Å². The summed E-state index contributed by atoms with van der Waals surface area (Å²) in [6.07, 6.45) is 0. The zero-order valence-electron chi connectivity index (χ0n) is 5.57. The van der Waals surface area contributed by atoms with Gasteiger partial charge in [0.25, 0.3) is 0 Å². The molecule has 5 heteroatoms. The molecule has 0 aromatic rings. The molecular weight excluding hydrogens is 136 g/mol. The van der Waals surface area contributed by atoms with Crippen LogP contribution in [0.1, 0.15) is 6.92 Å². The number of aliphatic carboxylic acids is 1. The molecule has 0 bridgehead atoms. The zero-order chi connectivity index (χ0) is 8.31. The van der Waals surface area contributed by atoms with E-state index in [4.69, 9.17) is 16.6 Å². The number of rotatable bonds is 3. The molecule has 5 N–H and O–H groups in total. The van der Waals surface area contributed by atoms with Crippen molar-refractivity contribution in [2.45, 2.75) is 19.0 Å². The Kier molecular flexibility index (Phi) is 2.98. The van der Waals surface area contributed by atoms with Crippen LogP contribution in [0.2, 0.25) is 0 Å². The van der Waals surface area contributed by atoms with Gasteiger partial charge in [-0.25, -0.2) is 0 Å². The average molecular weight is 146 g/mol. The summed E-state index contributed by atoms with van der Waals surface area (Å²) >= 11 is 0. The van der Waals surface area contributed by atoms with Crippen LogP contribution in [0.4, 0.5) is 0 Å². The fourth-order valence-corrected chi connectivity index (χ4v) is 0.406. The predicted molar refractivity (Wildman–Crippen MR) is 34.3 cm³/mol. The monoisotopic (exact) mass is 146 g/mol. The lowest BCUT2D eigenvalue weighted by Crippen LogP contribution is -2.50. The van der Waals surface area contributed by atoms with Gasteiger partial charge < -0.3 is 16.6 Å². The summed E-state index contributed by atoms with van der Waals surface area (Å²) in [7, 11) is 0. The standard InChI is InChI=1S/C5H10N2O3/c1-2(8)3(6)4(7)5(9)10/h3-4H,6-7H2,1H3,(H,9,10). The normalized spacial score (nSPS) is 15.9. The smallest absolute Gasteiger partial charge is 0.322 e. The maximum Gasteiger partial charge on any atom is 0.322 e. The van der Waals surface area contributed by atoms with Gasteiger partial charge in [-0.2, -0.15) is 0 Å². The second kappa shape index (κ2) is 3.28. The summed E-state index contributed by atoms with van der Waals surface area (Å²) in [5, 5.41) is 8.24. The number of carboxylic acid groups (broad SMARTS) is 1. The van der Waals surface area contributed by atoms with Gasteiger partial charge in [-0.3, -0.25) is 9.59 Å². The van der Waals surface area contributed by atoms with Gasteiger partial charge in [0.15, 0.2) is 0 Å². The van der Waals surface area contributed by atoms with E-state index in [0.29, 0.717) is 0 Å². The van der Waals surface area contributed by atoms with Crippen LogP contribution in [0.3, 0.4) is 0 Å². The number of nitrogens with two attached hydrogens (primary N) is 2. The molecule has 0 saturated heterocycles. The van der Waals surface area contributed by atoms with Crippen LogP contribution in [-0.4, -0.2) is 28.9 Å². The van der Waals surface area contributed by atoms with E-state index in [1.165, 1.54) is 6.92 Å². The minimum Gasteiger partial charge on any atom is -0.480 e. The molecule has 0 amide bonds. The Bertz CT molecular complexity index is 139. The lowest BCUT2D eigenvalue weighted by Gasteiger charge is -2.11. The van der Waals surface area contributed by atoms with E-state index in [9.17, 15) is 9.59 Å². The van der Waals surface area contributed by atoms with Gasteiger partial charge in [-0.15, -0.1) is 0 Å². The number of carboxylic acids is 1. The molecule has 5 nitrogen and oxygen atoms in total. The highest BCUT2D eigenvalue weighted by Crippen LogP contribution is 1.87. The molecule has 0 aliphatic carbocycles. The molecule has 0 fully saturated rings. The first-order chi connectivity index (χ1) is 4.46. The van der Waals surface area contributed by atoms with Gasteiger partial charge in [-0.1, -0.05) is 0 Å². The van der Waals surface area contributed by atoms with E-state index in [1.54, 1.807) is 0 Å². The SMILES string of the molecule is CC(=O)C(N)C(N)C(=O)O. The number of ketones is 1. The van der Waals surface area contributed by atoms with Gasteiger partial charge in [0.1, 0.15) is 11.8 Å². The number of hydrogen-bond donors (Lipinski definition) is 3. The van der Waals surface area contributed by atoms with E-state index < -0.39 is 23.8 Å². The van der Waals surface area contributed by atoms with Crippen LogP contribution in [0.5, 0.6) is 0 Å². The van der Waals surface area contributed by atoms with E-state index in [2.05, 4.69) is 0 Å². The highest BCUT2D eigenvalue weighted by Gasteiger charge is 2.23. The number of hydrogen-bond acceptors (Lipinski definition) is 4. The van der Waals surface area contributed by atoms with Crippen molar-refractivity contribution in [3.63, 3.8) is 0 Å². The topological polar surface area (TPSA) is 106 Å². The van der Waals surface area contributed by atoms with Crippen LogP contribution < -0.4 is 11.5 Å². The highest BCUT2D eigenvalue weighted by molar-refractivity contribution is 5.88. The summed E-state index contributed by atoms with van der Waals surface area (Å²) < 4.78 is 0. The molecule has 0 radical (unpaired) electrons. The molecule has 0 aromatic carbocycles. The number of carbonyl (C=O) groups is 2. The molecule has 0 saturated carbocycles. The first-order valence-electron chi connectivity index (χ1n) is 2.71. The Morgan fingerprint density at radius 1 is 1.30 bits per heavy atom. The van der Waals surface area contributed by atoms with Crippen molar-refractivity contribution in [1.82, 2.24) is 0 Å². The largest absolute Gasteiger partial charge is 0.480 e. The molecular formula is C5H10N2O3. The Morgan fingerprint density at radius 2 is 1.70 bits per heavy atom. The quantitative estimate of drug-likeness (QED) is 0.440. The molecule has 0 rings (SSSR count). The van der Waals surface area contributed by atoms with Crippen LogP contribution >= 0.6 is 0 Å². The van der Waals surface area contributed by atoms with Gasteiger partial charge >= 0.3 is 5.97 Å². The predicted octanol–water partition coefficient (Wildman–Crippen LogP) is -1.69. The first-order valence-corrected chi connectivity index (χ1v) is 2.71. The molecule has 0 heterocycles. The minimum atomic E-state index is -1.29. The third kappa shape index (κ3) is 2.12. The minimum absolute atomic E-state index is 0.421. The summed E-state index contributed by atoms with van der Waals surface area (Å²) in [5.74, 6) is -1.68. The Hall–Kier alpha value is -0.940. The van der Waals surface area contributed by atoms with E-state index >= 15 is 0 Å². The van der Waals surface area contributed by atoms with Crippen molar-refractivity contribution in [1.29, 1.82) is 0 Å². The van der Waals surface area contributed by atoms with E-state index in [0.717, 1.165) is 0 Å². The Balaban J connectivity index is 4.07. The molecule has 2 atom stereocenters. The molecule has 10 heavy (non-hydrogen) atoms. The van der Waals surface area contributed by atoms with Crippen molar-refractivity contribution in [3.8, 4) is 0 Å². The van der Waals surface area contributed by atoms with Gasteiger partial charge in [0.05, 0.1) is 6.04 Å². The third-order valence-corrected chi connectivity index (χ3v) is 1.14. The van der Waals surface area contributed by atoms with Crippen molar-refractivity contribution in [2.24, 2.45) is 11.5 Å². The summed E-state index contributed by atoms with van der Waals surface area (Å²) in [6, 6.07) is -2.39. The third-order valence-electron chi connectivity index (χ3n) is 1.14. The van der Waals surface area contributed by atoms with Crippen molar-refractivity contribution < 1.29 is 14.7 Å². The summed E-state index contributed by atoms with van der Waals surface area (Å²) in [6.45, 7) is 1.20. The van der Waals surface area contributed by atoms with Crippen molar-refractivity contribution in [3.05, 3.63) is 0 Å². The highest BCUT2D eigenvalue weighted by atomic mass is 16.4. The second-order valence-corrected chi connectivity index (χ2v) is 2.00. The van der Waals surface area contributed by atoms with E-state index in [1.807, 2.05) is 0 Å². The fourth-order valence-electron chi connectivity index (χ4n) is 0.406. The number of carbonyl (C=O) groups excluding carboxylic acids is 1. The molecule has 58 valence electrons. The van der Waals surface area contributed by atoms with Gasteiger partial charge in [0, 0.05) is 0 Å². The molecule has 0 aliphatic rings. The number of Topliss-reactive ketones (excluding diaryl/α,β-unsaturated/α-hetero) is 1. The maximum atomic E-state index is 10.4. The van der Waals surface area contributed by atoms with Crippen molar-refractivity contribution >= 4 is 11.8 Å². The Labute approximate surface area is 58.0 Å². The summed E-state index contributed by atoms with van der Waals surface area (Å²) in [4.78, 5) is 20.5. The van der Waals surface area contributed by atoms with Crippen molar-refractivity contribution in [2.75, 3.05) is 0 Å². The van der Waals surface area contributed by atoms with Crippen LogP contribution in [0.15, 0.2) is 0 Å². The molecule has 0 aliphatic heterocycles. The van der Waals surface area contributed by atoms with E-state index in [-0.39, 0.29) is 0 Å². The van der Waals surface area contributed by atoms with Gasteiger partial charge in [-0.05, 0) is 6.92 Å². The van der Waals surface area contributed by atoms with Crippen LogP contribution in [-0.2, 0) is 9.59 Å². The lowest BCUT2D eigenvalue weighted by molar-refractivity contribution is -0.140. The fraction of sp³-hybridized carbons (Fsp3) is 0.600. The molecule has 0 spiro atoms. The molecule has 0 aromatic heterocycles. The summed E-state index contributed by atoms with van der Waals surface area (Å²) in [5.41, 5.74) is 10.1. The maximum absolute atomic E-state index is 10.4.